The number of hydrogen-bond acceptors (Lipinski definition) is 3. The van der Waals surface area contributed by atoms with Crippen LogP contribution >= 0.6 is 0 Å². The van der Waals surface area contributed by atoms with Crippen LogP contribution < -0.4 is 10.9 Å². The van der Waals surface area contributed by atoms with Crippen molar-refractivity contribution in [1.29, 1.82) is 0 Å². The number of hydrogen-bond donors (Lipinski definition) is 2. The van der Waals surface area contributed by atoms with Gasteiger partial charge in [0.25, 0.3) is 5.56 Å². The van der Waals surface area contributed by atoms with Gasteiger partial charge in [0.2, 0.25) is 5.91 Å². The lowest BCUT2D eigenvalue weighted by molar-refractivity contribution is -0.115. The van der Waals surface area contributed by atoms with Gasteiger partial charge in [-0.2, -0.15) is 0 Å². The zero-order valence-corrected chi connectivity index (χ0v) is 15.4. The first kappa shape index (κ1) is 17.9. The van der Waals surface area contributed by atoms with Gasteiger partial charge in [0.05, 0.1) is 6.42 Å². The summed E-state index contributed by atoms with van der Waals surface area (Å²) >= 11 is 0. The average Bonchev–Trinajstić information content (AvgIpc) is 2.98. The lowest BCUT2D eigenvalue weighted by Gasteiger charge is -2.12. The van der Waals surface area contributed by atoms with E-state index in [0.717, 1.165) is 29.1 Å². The minimum Gasteiger partial charge on any atom is -0.326 e. The highest BCUT2D eigenvalue weighted by molar-refractivity contribution is 5.92. The van der Waals surface area contributed by atoms with Crippen LogP contribution in [0, 0.1) is 13.8 Å². The molecule has 6 nitrogen and oxygen atoms in total. The number of aryl methyl sites for hydroxylation is 3. The van der Waals surface area contributed by atoms with Gasteiger partial charge in [-0.15, -0.1) is 0 Å². The smallest absolute Gasteiger partial charge is 0.266 e. The van der Waals surface area contributed by atoms with Gasteiger partial charge >= 0.3 is 0 Å². The number of carbonyl (C=O) groups excluding carboxylic acids is 1. The second-order valence-electron chi connectivity index (χ2n) is 6.60. The summed E-state index contributed by atoms with van der Waals surface area (Å²) < 4.78 is 1.63. The number of unbranched alkanes of at least 4 members (excludes halogenated alkanes) is 1. The second-order valence-corrected chi connectivity index (χ2v) is 6.60. The summed E-state index contributed by atoms with van der Waals surface area (Å²) in [6.07, 6.45) is 3.60. The first-order chi connectivity index (χ1) is 12.5. The Kier molecular flexibility index (Phi) is 5.21. The van der Waals surface area contributed by atoms with E-state index in [2.05, 4.69) is 34.5 Å². The molecule has 3 aromatic rings. The number of fused-ring (bicyclic) bond motifs is 1. The molecule has 0 radical (unpaired) electrons. The SMILES string of the molecule is CCCCc1ccc(NC(=O)Cc2c(C)nc3cc(=O)[nH]n3c2C)cc1. The second kappa shape index (κ2) is 7.56. The molecule has 3 rings (SSSR count). The summed E-state index contributed by atoms with van der Waals surface area (Å²) in [7, 11) is 0. The van der Waals surface area contributed by atoms with E-state index >= 15 is 0 Å². The number of nitrogens with zero attached hydrogens (tertiary/aromatic N) is 2. The molecule has 0 spiro atoms. The number of carbonyl (C=O) groups is 1. The molecule has 1 amide bonds. The predicted octanol–water partition coefficient (Wildman–Crippen LogP) is 3.16. The molecule has 0 fully saturated rings. The third-order valence-corrected chi connectivity index (χ3v) is 4.60. The fraction of sp³-hybridized carbons (Fsp3) is 0.350. The Morgan fingerprint density at radius 2 is 1.96 bits per heavy atom. The van der Waals surface area contributed by atoms with Crippen molar-refractivity contribution in [2.45, 2.75) is 46.5 Å². The van der Waals surface area contributed by atoms with E-state index in [4.69, 9.17) is 0 Å². The van der Waals surface area contributed by atoms with Gasteiger partial charge in [0.1, 0.15) is 0 Å². The van der Waals surface area contributed by atoms with Crippen LogP contribution in [-0.4, -0.2) is 20.5 Å². The topological polar surface area (TPSA) is 79.3 Å². The zero-order chi connectivity index (χ0) is 18.7. The van der Waals surface area contributed by atoms with E-state index in [1.165, 1.54) is 24.5 Å². The van der Waals surface area contributed by atoms with Gasteiger partial charge in [0.15, 0.2) is 5.65 Å². The largest absolute Gasteiger partial charge is 0.326 e. The van der Waals surface area contributed by atoms with Gasteiger partial charge in [-0.3, -0.25) is 14.7 Å². The number of amides is 1. The Hall–Kier alpha value is -2.89. The highest BCUT2D eigenvalue weighted by Crippen LogP contribution is 2.16. The first-order valence-corrected chi connectivity index (χ1v) is 8.94. The fourth-order valence-corrected chi connectivity index (χ4v) is 3.11. The normalized spacial score (nSPS) is 11.0. The van der Waals surface area contributed by atoms with Crippen LogP contribution in [0.4, 0.5) is 5.69 Å². The number of aromatic nitrogens is 3. The van der Waals surface area contributed by atoms with Crippen molar-refractivity contribution in [3.8, 4) is 0 Å². The molecule has 26 heavy (non-hydrogen) atoms. The van der Waals surface area contributed by atoms with Crippen LogP contribution in [0.15, 0.2) is 35.1 Å². The standard InChI is InChI=1S/C20H24N4O2/c1-4-5-6-15-7-9-16(10-8-15)22-19(25)11-17-13(2)21-18-12-20(26)23-24(18)14(17)3/h7-10,12H,4-6,11H2,1-3H3,(H,22,25)(H,23,26). The van der Waals surface area contributed by atoms with E-state index in [0.29, 0.717) is 5.65 Å². The monoisotopic (exact) mass is 352 g/mol. The molecule has 0 saturated heterocycles. The number of anilines is 1. The number of benzene rings is 1. The maximum Gasteiger partial charge on any atom is 0.266 e. The molecule has 0 bridgehead atoms. The van der Waals surface area contributed by atoms with Crippen LogP contribution in [-0.2, 0) is 17.6 Å². The molecule has 0 unspecified atom stereocenters. The maximum absolute atomic E-state index is 12.5. The molecular weight excluding hydrogens is 328 g/mol. The molecule has 2 aromatic heterocycles. The van der Waals surface area contributed by atoms with E-state index in [1.807, 2.05) is 26.0 Å². The summed E-state index contributed by atoms with van der Waals surface area (Å²) in [5, 5.41) is 5.64. The van der Waals surface area contributed by atoms with Crippen molar-refractivity contribution in [3.05, 3.63) is 63.2 Å². The third kappa shape index (κ3) is 3.85. The van der Waals surface area contributed by atoms with Crippen molar-refractivity contribution in [2.24, 2.45) is 0 Å². The van der Waals surface area contributed by atoms with Gasteiger partial charge in [-0.25, -0.2) is 9.50 Å². The molecule has 2 heterocycles. The third-order valence-electron chi connectivity index (χ3n) is 4.60. The van der Waals surface area contributed by atoms with Gasteiger partial charge in [0, 0.05) is 28.7 Å². The number of rotatable bonds is 6. The van der Waals surface area contributed by atoms with Crippen LogP contribution in [0.1, 0.15) is 42.3 Å². The molecular formula is C20H24N4O2. The highest BCUT2D eigenvalue weighted by atomic mass is 16.1. The first-order valence-electron chi connectivity index (χ1n) is 8.94. The van der Waals surface area contributed by atoms with Crippen molar-refractivity contribution in [1.82, 2.24) is 14.6 Å². The lowest BCUT2D eigenvalue weighted by Crippen LogP contribution is -2.18. The predicted molar refractivity (Wildman–Crippen MR) is 103 cm³/mol. The van der Waals surface area contributed by atoms with Crippen molar-refractivity contribution in [3.63, 3.8) is 0 Å². The summed E-state index contributed by atoms with van der Waals surface area (Å²) in [6, 6.07) is 9.44. The summed E-state index contributed by atoms with van der Waals surface area (Å²) in [6.45, 7) is 5.91. The Morgan fingerprint density at radius 3 is 2.65 bits per heavy atom. The number of nitrogens with one attached hydrogen (secondary N) is 2. The minimum atomic E-state index is -0.204. The average molecular weight is 352 g/mol. The van der Waals surface area contributed by atoms with Crippen molar-refractivity contribution >= 4 is 17.2 Å². The summed E-state index contributed by atoms with van der Waals surface area (Å²) in [4.78, 5) is 28.4. The molecule has 6 heteroatoms. The molecule has 0 aliphatic heterocycles. The minimum absolute atomic E-state index is 0.104. The van der Waals surface area contributed by atoms with Crippen molar-refractivity contribution in [2.75, 3.05) is 5.32 Å². The molecule has 0 aliphatic carbocycles. The van der Waals surface area contributed by atoms with Gasteiger partial charge < -0.3 is 5.32 Å². The maximum atomic E-state index is 12.5. The molecule has 0 saturated carbocycles. The van der Waals surface area contributed by atoms with E-state index < -0.39 is 0 Å². The van der Waals surface area contributed by atoms with Crippen LogP contribution in [0.3, 0.4) is 0 Å². The zero-order valence-electron chi connectivity index (χ0n) is 15.4. The number of H-pyrrole nitrogens is 1. The molecule has 2 N–H and O–H groups in total. The molecule has 0 aliphatic rings. The Balaban J connectivity index is 1.74. The molecule has 1 aromatic carbocycles. The van der Waals surface area contributed by atoms with Crippen LogP contribution in [0.5, 0.6) is 0 Å². The Labute approximate surface area is 152 Å². The van der Waals surface area contributed by atoms with Crippen LogP contribution in [0.25, 0.3) is 5.65 Å². The fourth-order valence-electron chi connectivity index (χ4n) is 3.11. The quantitative estimate of drug-likeness (QED) is 0.715. The Bertz CT molecular complexity index is 983. The summed E-state index contributed by atoms with van der Waals surface area (Å²) in [5.41, 5.74) is 4.82. The van der Waals surface area contributed by atoms with Crippen LogP contribution in [0.2, 0.25) is 0 Å². The van der Waals surface area contributed by atoms with E-state index in [-0.39, 0.29) is 17.9 Å². The van der Waals surface area contributed by atoms with E-state index in [1.54, 1.807) is 4.52 Å². The molecule has 136 valence electrons. The van der Waals surface area contributed by atoms with E-state index in [9.17, 15) is 9.59 Å². The van der Waals surface area contributed by atoms with Gasteiger partial charge in [-0.1, -0.05) is 25.5 Å². The lowest BCUT2D eigenvalue weighted by atomic mass is 10.1. The molecule has 0 atom stereocenters. The van der Waals surface area contributed by atoms with Crippen molar-refractivity contribution < 1.29 is 4.79 Å². The van der Waals surface area contributed by atoms with Gasteiger partial charge in [-0.05, 0) is 44.4 Å². The summed E-state index contributed by atoms with van der Waals surface area (Å²) in [5.74, 6) is -0.104. The number of aromatic amines is 1. The highest BCUT2D eigenvalue weighted by Gasteiger charge is 2.14. The Morgan fingerprint density at radius 1 is 1.23 bits per heavy atom.